The number of benzene rings is 3. The number of rotatable bonds is 6. The molecular weight excluding hydrogens is 429 g/mol. The Kier molecular flexibility index (Phi) is 6.60. The highest BCUT2D eigenvalue weighted by molar-refractivity contribution is 7.95. The summed E-state index contributed by atoms with van der Waals surface area (Å²) in [4.78, 5) is -0.681. The van der Waals surface area contributed by atoms with Crippen LogP contribution in [-0.2, 0) is 16.4 Å². The summed E-state index contributed by atoms with van der Waals surface area (Å²) in [6.07, 6.45) is 1.27. The van der Waals surface area contributed by atoms with Gasteiger partial charge in [-0.15, -0.1) is 0 Å². The van der Waals surface area contributed by atoms with E-state index in [9.17, 15) is 13.7 Å². The number of hydrogen-bond donors (Lipinski definition) is 0. The van der Waals surface area contributed by atoms with Crippen LogP contribution in [0.3, 0.4) is 0 Å². The molecule has 0 aliphatic carbocycles. The van der Waals surface area contributed by atoms with Crippen LogP contribution >= 0.6 is 23.2 Å². The number of nitrogens with zero attached hydrogens (tertiary/aromatic N) is 1. The Morgan fingerprint density at radius 3 is 2.41 bits per heavy atom. The lowest BCUT2D eigenvalue weighted by molar-refractivity contribution is 0.305. The summed E-state index contributed by atoms with van der Waals surface area (Å²) < 4.78 is 31.7. The quantitative estimate of drug-likeness (QED) is 0.444. The number of halogens is 2. The summed E-state index contributed by atoms with van der Waals surface area (Å²) in [7, 11) is -4.16. The largest absolute Gasteiger partial charge is 0.488 e. The minimum absolute atomic E-state index is 0.0100. The van der Waals surface area contributed by atoms with Crippen molar-refractivity contribution in [3.05, 3.63) is 98.9 Å². The van der Waals surface area contributed by atoms with Gasteiger partial charge in [-0.3, -0.25) is 0 Å². The molecule has 0 aliphatic heterocycles. The molecule has 0 saturated heterocycles. The van der Waals surface area contributed by atoms with Crippen LogP contribution in [0.1, 0.15) is 11.1 Å². The summed E-state index contributed by atoms with van der Waals surface area (Å²) >= 11 is 11.9. The first-order valence-corrected chi connectivity index (χ1v) is 10.7. The third-order valence-electron chi connectivity index (χ3n) is 4.03. The van der Waals surface area contributed by atoms with Crippen molar-refractivity contribution in [2.75, 3.05) is 0 Å². The van der Waals surface area contributed by atoms with Crippen molar-refractivity contribution in [1.29, 1.82) is 5.26 Å². The Morgan fingerprint density at radius 2 is 1.69 bits per heavy atom. The van der Waals surface area contributed by atoms with Gasteiger partial charge in [0.15, 0.2) is 0 Å². The minimum Gasteiger partial charge on any atom is -0.488 e. The maximum atomic E-state index is 13.0. The van der Waals surface area contributed by atoms with Gasteiger partial charge in [-0.25, -0.2) is 8.42 Å². The lowest BCUT2D eigenvalue weighted by Gasteiger charge is -2.10. The van der Waals surface area contributed by atoms with Crippen molar-refractivity contribution in [3.63, 3.8) is 0 Å². The zero-order chi connectivity index (χ0) is 20.9. The van der Waals surface area contributed by atoms with Crippen molar-refractivity contribution in [1.82, 2.24) is 0 Å². The molecule has 0 heterocycles. The summed E-state index contributed by atoms with van der Waals surface area (Å²) in [6, 6.07) is 22.3. The van der Waals surface area contributed by atoms with Gasteiger partial charge in [-0.1, -0.05) is 71.7 Å². The third kappa shape index (κ3) is 4.99. The van der Waals surface area contributed by atoms with Gasteiger partial charge in [-0.05, 0) is 35.9 Å². The maximum absolute atomic E-state index is 13.0. The molecule has 0 spiro atoms. The summed E-state index contributed by atoms with van der Waals surface area (Å²) in [5, 5.41) is 9.72. The van der Waals surface area contributed by atoms with Gasteiger partial charge >= 0.3 is 0 Å². The lowest BCUT2D eigenvalue weighted by Crippen LogP contribution is -2.05. The average Bonchev–Trinajstić information content (AvgIpc) is 2.73. The van der Waals surface area contributed by atoms with Crippen molar-refractivity contribution < 1.29 is 13.2 Å². The van der Waals surface area contributed by atoms with Crippen molar-refractivity contribution in [3.8, 4) is 11.8 Å². The molecule has 3 rings (SSSR count). The number of sulfone groups is 1. The second kappa shape index (κ2) is 9.15. The molecule has 146 valence electrons. The fraction of sp³-hybridized carbons (Fsp3) is 0.0455. The molecule has 3 aromatic rings. The first kappa shape index (κ1) is 20.9. The van der Waals surface area contributed by atoms with Gasteiger partial charge in [0.2, 0.25) is 9.84 Å². The Labute approximate surface area is 179 Å². The molecule has 0 amide bonds. The Balaban J connectivity index is 1.97. The first-order valence-electron chi connectivity index (χ1n) is 8.49. The van der Waals surface area contributed by atoms with Crippen molar-refractivity contribution in [2.45, 2.75) is 11.5 Å². The number of allylic oxidation sites excluding steroid dienone is 1. The van der Waals surface area contributed by atoms with Gasteiger partial charge in [0.1, 0.15) is 23.3 Å². The van der Waals surface area contributed by atoms with Crippen LogP contribution < -0.4 is 4.74 Å². The fourth-order valence-electron chi connectivity index (χ4n) is 2.58. The smallest absolute Gasteiger partial charge is 0.218 e. The summed E-state index contributed by atoms with van der Waals surface area (Å²) in [5.74, 6) is 0.455. The molecule has 7 heteroatoms. The van der Waals surface area contributed by atoms with E-state index in [-0.39, 0.29) is 14.9 Å². The number of para-hydroxylation sites is 1. The van der Waals surface area contributed by atoms with E-state index >= 15 is 0 Å². The molecule has 0 radical (unpaired) electrons. The average molecular weight is 444 g/mol. The van der Waals surface area contributed by atoms with Crippen LogP contribution in [-0.4, -0.2) is 8.42 Å². The van der Waals surface area contributed by atoms with E-state index in [1.54, 1.807) is 30.3 Å². The van der Waals surface area contributed by atoms with Gasteiger partial charge in [0.25, 0.3) is 0 Å². The Morgan fingerprint density at radius 1 is 1.00 bits per heavy atom. The zero-order valence-corrected chi connectivity index (χ0v) is 17.4. The maximum Gasteiger partial charge on any atom is 0.218 e. The molecule has 0 unspecified atom stereocenters. The second-order valence-electron chi connectivity index (χ2n) is 6.01. The topological polar surface area (TPSA) is 67.2 Å². The van der Waals surface area contributed by atoms with Gasteiger partial charge < -0.3 is 4.74 Å². The van der Waals surface area contributed by atoms with E-state index in [1.165, 1.54) is 24.3 Å². The minimum atomic E-state index is -4.16. The highest BCUT2D eigenvalue weighted by Gasteiger charge is 2.24. The molecule has 4 nitrogen and oxygen atoms in total. The molecule has 29 heavy (non-hydrogen) atoms. The molecule has 0 N–H and O–H groups in total. The molecule has 0 fully saturated rings. The monoisotopic (exact) mass is 443 g/mol. The van der Waals surface area contributed by atoms with Crippen LogP contribution in [0, 0.1) is 11.3 Å². The van der Waals surface area contributed by atoms with E-state index < -0.39 is 14.7 Å². The summed E-state index contributed by atoms with van der Waals surface area (Å²) in [5.41, 5.74) is 1.42. The SMILES string of the molecule is N#C/C(=C\c1ccccc1OCc1ccccc1)S(=O)(=O)c1cc(Cl)ccc1Cl. The lowest BCUT2D eigenvalue weighted by atomic mass is 10.2. The van der Waals surface area contributed by atoms with E-state index in [2.05, 4.69) is 0 Å². The molecular formula is C22H15Cl2NO3S. The van der Waals surface area contributed by atoms with Crippen molar-refractivity contribution in [2.24, 2.45) is 0 Å². The molecule has 0 aromatic heterocycles. The van der Waals surface area contributed by atoms with Crippen molar-refractivity contribution >= 4 is 39.1 Å². The van der Waals surface area contributed by atoms with Gasteiger partial charge in [0.05, 0.1) is 9.92 Å². The zero-order valence-electron chi connectivity index (χ0n) is 15.0. The number of hydrogen-bond acceptors (Lipinski definition) is 4. The molecule has 0 bridgehead atoms. The van der Waals surface area contributed by atoms with Crippen LogP contribution in [0.25, 0.3) is 6.08 Å². The first-order chi connectivity index (χ1) is 13.9. The van der Waals surface area contributed by atoms with Crippen LogP contribution in [0.15, 0.2) is 82.6 Å². The predicted octanol–water partition coefficient (Wildman–Crippen LogP) is 5.91. The van der Waals surface area contributed by atoms with E-state index in [0.717, 1.165) is 5.56 Å². The van der Waals surface area contributed by atoms with Gasteiger partial charge in [0, 0.05) is 10.6 Å². The Hall–Kier alpha value is -2.78. The molecule has 3 aromatic carbocycles. The predicted molar refractivity (Wildman–Crippen MR) is 114 cm³/mol. The molecule has 0 aliphatic rings. The van der Waals surface area contributed by atoms with E-state index in [1.807, 2.05) is 30.3 Å². The van der Waals surface area contributed by atoms with Crippen LogP contribution in [0.2, 0.25) is 10.0 Å². The fourth-order valence-corrected chi connectivity index (χ4v) is 4.48. The molecule has 0 atom stereocenters. The van der Waals surface area contributed by atoms with Crippen LogP contribution in [0.5, 0.6) is 5.75 Å². The van der Waals surface area contributed by atoms with E-state index in [4.69, 9.17) is 27.9 Å². The third-order valence-corrected chi connectivity index (χ3v) is 6.41. The summed E-state index contributed by atoms with van der Waals surface area (Å²) in [6.45, 7) is 0.306. The van der Waals surface area contributed by atoms with Crippen LogP contribution in [0.4, 0.5) is 0 Å². The number of ether oxygens (including phenoxy) is 1. The second-order valence-corrected chi connectivity index (χ2v) is 8.74. The number of nitriles is 1. The highest BCUT2D eigenvalue weighted by Crippen LogP contribution is 2.31. The Bertz CT molecular complexity index is 1200. The standard InChI is InChI=1S/C22H15Cl2NO3S/c23-18-10-11-20(24)22(13-18)29(26,27)19(14-25)12-17-8-4-5-9-21(17)28-15-16-6-2-1-3-7-16/h1-13H,15H2/b19-12+. The normalized spacial score (nSPS) is 11.7. The molecule has 0 saturated carbocycles. The van der Waals surface area contributed by atoms with E-state index in [0.29, 0.717) is 17.9 Å². The highest BCUT2D eigenvalue weighted by atomic mass is 35.5. The van der Waals surface area contributed by atoms with Gasteiger partial charge in [-0.2, -0.15) is 5.26 Å².